The number of hydrogen-bond acceptors (Lipinski definition) is 4. The maximum Gasteiger partial charge on any atom is 0.259 e. The van der Waals surface area contributed by atoms with Gasteiger partial charge in [-0.3, -0.25) is 9.78 Å². The Morgan fingerprint density at radius 3 is 2.62 bits per heavy atom. The smallest absolute Gasteiger partial charge is 0.259 e. The van der Waals surface area contributed by atoms with Crippen LogP contribution in [0, 0.1) is 0 Å². The Labute approximate surface area is 152 Å². The molecular formula is C21H20N2O3. The van der Waals surface area contributed by atoms with Crippen LogP contribution in [0.15, 0.2) is 54.7 Å². The lowest BCUT2D eigenvalue weighted by Gasteiger charge is -2.14. The van der Waals surface area contributed by atoms with Crippen molar-refractivity contribution >= 4 is 28.3 Å². The van der Waals surface area contributed by atoms with Crippen molar-refractivity contribution in [3.05, 3.63) is 65.9 Å². The first kappa shape index (κ1) is 17.6. The number of methoxy groups -OCH3 is 1. The number of carbonyl (C=O) groups excluding carboxylic acids is 2. The van der Waals surface area contributed by atoms with E-state index in [9.17, 15) is 9.59 Å². The Kier molecular flexibility index (Phi) is 5.27. The van der Waals surface area contributed by atoms with Crippen LogP contribution in [0.2, 0.25) is 0 Å². The first-order valence-corrected chi connectivity index (χ1v) is 8.40. The molecule has 132 valence electrons. The van der Waals surface area contributed by atoms with Gasteiger partial charge >= 0.3 is 0 Å². The lowest BCUT2D eigenvalue weighted by molar-refractivity contribution is -0.116. The van der Waals surface area contributed by atoms with E-state index in [1.807, 2.05) is 42.5 Å². The predicted molar refractivity (Wildman–Crippen MR) is 102 cm³/mol. The average Bonchev–Trinajstić information content (AvgIpc) is 2.66. The van der Waals surface area contributed by atoms with Gasteiger partial charge in [-0.25, -0.2) is 0 Å². The summed E-state index contributed by atoms with van der Waals surface area (Å²) in [5, 5.41) is 3.88. The van der Waals surface area contributed by atoms with Crippen molar-refractivity contribution in [2.75, 3.05) is 12.4 Å². The topological polar surface area (TPSA) is 68.3 Å². The summed E-state index contributed by atoms with van der Waals surface area (Å²) in [4.78, 5) is 28.7. The fourth-order valence-corrected chi connectivity index (χ4v) is 2.91. The van der Waals surface area contributed by atoms with Crippen molar-refractivity contribution in [1.82, 2.24) is 4.98 Å². The molecule has 0 bridgehead atoms. The Bertz CT molecular complexity index is 961. The molecule has 0 radical (unpaired) electrons. The van der Waals surface area contributed by atoms with Gasteiger partial charge in [0.05, 0.1) is 23.9 Å². The monoisotopic (exact) mass is 348 g/mol. The van der Waals surface area contributed by atoms with Gasteiger partial charge in [0.1, 0.15) is 11.5 Å². The van der Waals surface area contributed by atoms with E-state index in [4.69, 9.17) is 4.74 Å². The lowest BCUT2D eigenvalue weighted by atomic mass is 10.00. The summed E-state index contributed by atoms with van der Waals surface area (Å²) >= 11 is 0. The summed E-state index contributed by atoms with van der Waals surface area (Å²) in [5.41, 5.74) is 2.59. The SMILES string of the molecule is COc1cccc(CCC(C)=O)c1C(=O)Nc1cccc2cccnc12. The van der Waals surface area contributed by atoms with Gasteiger partial charge < -0.3 is 14.8 Å². The average molecular weight is 348 g/mol. The van der Waals surface area contributed by atoms with Crippen LogP contribution in [0.25, 0.3) is 10.9 Å². The van der Waals surface area contributed by atoms with Gasteiger partial charge in [0.2, 0.25) is 0 Å². The number of nitrogens with zero attached hydrogens (tertiary/aromatic N) is 1. The first-order valence-electron chi connectivity index (χ1n) is 8.40. The van der Waals surface area contributed by atoms with Crippen LogP contribution in [0.5, 0.6) is 5.75 Å². The van der Waals surface area contributed by atoms with Crippen LogP contribution < -0.4 is 10.1 Å². The number of anilines is 1. The van der Waals surface area contributed by atoms with E-state index in [1.165, 1.54) is 7.11 Å². The molecular weight excluding hydrogens is 328 g/mol. The zero-order valence-corrected chi connectivity index (χ0v) is 14.8. The number of ether oxygens (including phenoxy) is 1. The van der Waals surface area contributed by atoms with Crippen LogP contribution in [0.4, 0.5) is 5.69 Å². The van der Waals surface area contributed by atoms with E-state index in [2.05, 4.69) is 10.3 Å². The number of Topliss-reactive ketones (excluding diaryl/α,β-unsaturated/α-hetero) is 1. The Morgan fingerprint density at radius 2 is 1.85 bits per heavy atom. The van der Waals surface area contributed by atoms with Crippen LogP contribution in [-0.4, -0.2) is 23.8 Å². The predicted octanol–water partition coefficient (Wildman–Crippen LogP) is 4.02. The summed E-state index contributed by atoms with van der Waals surface area (Å²) < 4.78 is 5.38. The van der Waals surface area contributed by atoms with Gasteiger partial charge in [-0.2, -0.15) is 0 Å². The van der Waals surface area contributed by atoms with Crippen LogP contribution in [0.3, 0.4) is 0 Å². The standard InChI is InChI=1S/C21H20N2O3/c1-14(24)11-12-15-6-4-10-18(26-2)19(15)21(25)23-17-9-3-7-16-8-5-13-22-20(16)17/h3-10,13H,11-12H2,1-2H3,(H,23,25). The number of hydrogen-bond donors (Lipinski definition) is 1. The van der Waals surface area contributed by atoms with Gasteiger partial charge in [-0.05, 0) is 37.1 Å². The molecule has 1 amide bonds. The number of nitrogens with one attached hydrogen (secondary N) is 1. The number of carbonyl (C=O) groups is 2. The number of amides is 1. The lowest BCUT2D eigenvalue weighted by Crippen LogP contribution is -2.16. The fraction of sp³-hybridized carbons (Fsp3) is 0.190. The van der Waals surface area contributed by atoms with E-state index >= 15 is 0 Å². The molecule has 0 fully saturated rings. The zero-order valence-electron chi connectivity index (χ0n) is 14.8. The molecule has 26 heavy (non-hydrogen) atoms. The van der Waals surface area contributed by atoms with Crippen molar-refractivity contribution in [2.45, 2.75) is 19.8 Å². The Morgan fingerprint density at radius 1 is 1.08 bits per heavy atom. The minimum atomic E-state index is -0.279. The molecule has 0 spiro atoms. The van der Waals surface area contributed by atoms with Crippen molar-refractivity contribution in [1.29, 1.82) is 0 Å². The number of rotatable bonds is 6. The normalized spacial score (nSPS) is 10.5. The van der Waals surface area contributed by atoms with E-state index in [1.54, 1.807) is 19.2 Å². The van der Waals surface area contributed by atoms with Crippen molar-refractivity contribution in [2.24, 2.45) is 0 Å². The first-order chi connectivity index (χ1) is 12.6. The second kappa shape index (κ2) is 7.78. The van der Waals surface area contributed by atoms with Gasteiger partial charge in [0, 0.05) is 18.0 Å². The highest BCUT2D eigenvalue weighted by molar-refractivity contribution is 6.10. The molecule has 1 aromatic heterocycles. The van der Waals surface area contributed by atoms with Gasteiger partial charge in [-0.15, -0.1) is 0 Å². The molecule has 0 saturated heterocycles. The van der Waals surface area contributed by atoms with Gasteiger partial charge in [0.25, 0.3) is 5.91 Å². The maximum atomic E-state index is 13.0. The molecule has 1 heterocycles. The second-order valence-electron chi connectivity index (χ2n) is 6.03. The number of para-hydroxylation sites is 1. The Balaban J connectivity index is 1.97. The molecule has 0 saturated carbocycles. The Hall–Kier alpha value is -3.21. The third-order valence-electron chi connectivity index (χ3n) is 4.19. The summed E-state index contributed by atoms with van der Waals surface area (Å²) in [6.07, 6.45) is 2.56. The molecule has 0 aliphatic carbocycles. The van der Waals surface area contributed by atoms with Crippen molar-refractivity contribution in [3.63, 3.8) is 0 Å². The van der Waals surface area contributed by atoms with Crippen molar-refractivity contribution < 1.29 is 14.3 Å². The number of aryl methyl sites for hydroxylation is 1. The molecule has 0 aliphatic heterocycles. The third-order valence-corrected chi connectivity index (χ3v) is 4.19. The van der Waals surface area contributed by atoms with Crippen LogP contribution in [0.1, 0.15) is 29.3 Å². The van der Waals surface area contributed by atoms with E-state index in [0.29, 0.717) is 29.8 Å². The molecule has 0 unspecified atom stereocenters. The minimum Gasteiger partial charge on any atom is -0.496 e. The molecule has 3 aromatic rings. The summed E-state index contributed by atoms with van der Waals surface area (Å²) in [5.74, 6) is 0.285. The molecule has 2 aromatic carbocycles. The number of pyridine rings is 1. The van der Waals surface area contributed by atoms with Crippen LogP contribution >= 0.6 is 0 Å². The van der Waals surface area contributed by atoms with Gasteiger partial charge in [0.15, 0.2) is 0 Å². The summed E-state index contributed by atoms with van der Waals surface area (Å²) in [6.45, 7) is 1.54. The number of fused-ring (bicyclic) bond motifs is 1. The van der Waals surface area contributed by atoms with Crippen LogP contribution in [-0.2, 0) is 11.2 Å². The molecule has 0 aliphatic rings. The third kappa shape index (κ3) is 3.72. The summed E-state index contributed by atoms with van der Waals surface area (Å²) in [6, 6.07) is 14.9. The zero-order chi connectivity index (χ0) is 18.5. The molecule has 5 heteroatoms. The number of ketones is 1. The van der Waals surface area contributed by atoms with Gasteiger partial charge in [-0.1, -0.05) is 30.3 Å². The quantitative estimate of drug-likeness (QED) is 0.730. The largest absolute Gasteiger partial charge is 0.496 e. The van der Waals surface area contributed by atoms with E-state index in [0.717, 1.165) is 16.5 Å². The van der Waals surface area contributed by atoms with E-state index < -0.39 is 0 Å². The second-order valence-corrected chi connectivity index (χ2v) is 6.03. The number of benzene rings is 2. The molecule has 1 N–H and O–H groups in total. The molecule has 5 nitrogen and oxygen atoms in total. The van der Waals surface area contributed by atoms with Crippen molar-refractivity contribution in [3.8, 4) is 5.75 Å². The van der Waals surface area contributed by atoms with E-state index in [-0.39, 0.29) is 11.7 Å². The summed E-state index contributed by atoms with van der Waals surface area (Å²) in [7, 11) is 1.53. The minimum absolute atomic E-state index is 0.0810. The molecule has 3 rings (SSSR count). The number of aromatic nitrogens is 1. The highest BCUT2D eigenvalue weighted by Crippen LogP contribution is 2.27. The highest BCUT2D eigenvalue weighted by Gasteiger charge is 2.18. The fourth-order valence-electron chi connectivity index (χ4n) is 2.91. The highest BCUT2D eigenvalue weighted by atomic mass is 16.5. The maximum absolute atomic E-state index is 13.0. The molecule has 0 atom stereocenters.